The molecule has 0 fully saturated rings. The van der Waals surface area contributed by atoms with E-state index in [0.717, 1.165) is 18.7 Å². The fraction of sp³-hybridized carbons (Fsp3) is 0.250. The molecule has 0 aliphatic heterocycles. The highest BCUT2D eigenvalue weighted by Gasteiger charge is 2.00. The summed E-state index contributed by atoms with van der Waals surface area (Å²) in [5.74, 6) is 1.41. The molecule has 2 nitrogen and oxygen atoms in total. The van der Waals surface area contributed by atoms with Gasteiger partial charge in [0.25, 0.3) is 0 Å². The van der Waals surface area contributed by atoms with Crippen LogP contribution in [-0.4, -0.2) is 24.5 Å². The van der Waals surface area contributed by atoms with E-state index in [0.29, 0.717) is 5.75 Å². The Morgan fingerprint density at radius 2 is 1.68 bits per heavy atom. The van der Waals surface area contributed by atoms with Gasteiger partial charge in [-0.1, -0.05) is 18.2 Å². The molecular formula is C16H19NOS. The SMILES string of the molecule is CN(CCCSc1ccc(O)cc1)c1ccccc1. The van der Waals surface area contributed by atoms with Gasteiger partial charge in [-0.3, -0.25) is 0 Å². The normalized spacial score (nSPS) is 10.4. The molecule has 0 heterocycles. The van der Waals surface area contributed by atoms with Crippen molar-refractivity contribution in [1.29, 1.82) is 0 Å². The average molecular weight is 273 g/mol. The summed E-state index contributed by atoms with van der Waals surface area (Å²) in [6, 6.07) is 17.8. The number of hydrogen-bond acceptors (Lipinski definition) is 3. The molecule has 0 aromatic heterocycles. The molecular weight excluding hydrogens is 254 g/mol. The molecule has 0 aliphatic rings. The lowest BCUT2D eigenvalue weighted by Crippen LogP contribution is -2.18. The van der Waals surface area contributed by atoms with Gasteiger partial charge in [-0.25, -0.2) is 0 Å². The molecule has 0 spiro atoms. The Balaban J connectivity index is 1.71. The lowest BCUT2D eigenvalue weighted by molar-refractivity contribution is 0.475. The molecule has 0 radical (unpaired) electrons. The van der Waals surface area contributed by atoms with E-state index >= 15 is 0 Å². The van der Waals surface area contributed by atoms with E-state index in [2.05, 4.69) is 36.2 Å². The molecule has 0 saturated heterocycles. The first-order valence-corrected chi connectivity index (χ1v) is 7.42. The fourth-order valence-electron chi connectivity index (χ4n) is 1.85. The Morgan fingerprint density at radius 1 is 1.00 bits per heavy atom. The molecule has 2 aromatic carbocycles. The number of hydrogen-bond donors (Lipinski definition) is 1. The van der Waals surface area contributed by atoms with Gasteiger partial charge >= 0.3 is 0 Å². The molecule has 0 saturated carbocycles. The lowest BCUT2D eigenvalue weighted by Gasteiger charge is -2.18. The van der Waals surface area contributed by atoms with Crippen molar-refractivity contribution in [2.75, 3.05) is 24.2 Å². The number of aromatic hydroxyl groups is 1. The van der Waals surface area contributed by atoms with Crippen LogP contribution in [0.1, 0.15) is 6.42 Å². The van der Waals surface area contributed by atoms with Crippen LogP contribution in [0, 0.1) is 0 Å². The van der Waals surface area contributed by atoms with E-state index in [4.69, 9.17) is 0 Å². The van der Waals surface area contributed by atoms with Crippen LogP contribution in [0.4, 0.5) is 5.69 Å². The molecule has 2 aromatic rings. The Labute approximate surface area is 119 Å². The monoisotopic (exact) mass is 273 g/mol. The van der Waals surface area contributed by atoms with Crippen molar-refractivity contribution in [1.82, 2.24) is 0 Å². The molecule has 3 heteroatoms. The minimum atomic E-state index is 0.327. The first kappa shape index (κ1) is 13.8. The predicted octanol–water partition coefficient (Wildman–Crippen LogP) is 4.01. The van der Waals surface area contributed by atoms with Crippen LogP contribution >= 0.6 is 11.8 Å². The minimum absolute atomic E-state index is 0.327. The predicted molar refractivity (Wildman–Crippen MR) is 83.2 cm³/mol. The quantitative estimate of drug-likeness (QED) is 0.635. The largest absolute Gasteiger partial charge is 0.508 e. The van der Waals surface area contributed by atoms with Crippen LogP contribution in [0.2, 0.25) is 0 Å². The highest BCUT2D eigenvalue weighted by Crippen LogP contribution is 2.21. The summed E-state index contributed by atoms with van der Waals surface area (Å²) < 4.78 is 0. The molecule has 2 rings (SSSR count). The lowest BCUT2D eigenvalue weighted by atomic mass is 10.3. The maximum absolute atomic E-state index is 9.21. The van der Waals surface area contributed by atoms with E-state index in [9.17, 15) is 5.11 Å². The molecule has 0 bridgehead atoms. The summed E-state index contributed by atoms with van der Waals surface area (Å²) in [6.45, 7) is 1.05. The maximum atomic E-state index is 9.21. The van der Waals surface area contributed by atoms with Crippen LogP contribution in [0.5, 0.6) is 5.75 Å². The number of rotatable bonds is 6. The summed E-state index contributed by atoms with van der Waals surface area (Å²) in [5, 5.41) is 9.21. The van der Waals surface area contributed by atoms with Crippen molar-refractivity contribution < 1.29 is 5.11 Å². The molecule has 19 heavy (non-hydrogen) atoms. The molecule has 0 atom stereocenters. The summed E-state index contributed by atoms with van der Waals surface area (Å²) in [6.07, 6.45) is 1.14. The van der Waals surface area contributed by atoms with Gasteiger partial charge in [-0.15, -0.1) is 11.8 Å². The van der Waals surface area contributed by atoms with Crippen LogP contribution in [0.15, 0.2) is 59.5 Å². The number of phenolic OH excluding ortho intramolecular Hbond substituents is 1. The number of nitrogens with zero attached hydrogens (tertiary/aromatic N) is 1. The zero-order chi connectivity index (χ0) is 13.5. The van der Waals surface area contributed by atoms with Crippen molar-refractivity contribution in [3.63, 3.8) is 0 Å². The number of thioether (sulfide) groups is 1. The highest BCUT2D eigenvalue weighted by atomic mass is 32.2. The van der Waals surface area contributed by atoms with Gasteiger partial charge in [0.15, 0.2) is 0 Å². The van der Waals surface area contributed by atoms with E-state index in [1.54, 1.807) is 12.1 Å². The zero-order valence-electron chi connectivity index (χ0n) is 11.1. The van der Waals surface area contributed by atoms with E-state index in [-0.39, 0.29) is 0 Å². The van der Waals surface area contributed by atoms with Gasteiger partial charge in [0.2, 0.25) is 0 Å². The molecule has 0 amide bonds. The van der Waals surface area contributed by atoms with Gasteiger partial charge in [0, 0.05) is 24.2 Å². The first-order valence-electron chi connectivity index (χ1n) is 6.44. The summed E-state index contributed by atoms with van der Waals surface area (Å²) in [5.41, 5.74) is 1.26. The highest BCUT2D eigenvalue weighted by molar-refractivity contribution is 7.99. The average Bonchev–Trinajstić information content (AvgIpc) is 2.46. The number of benzene rings is 2. The standard InChI is InChI=1S/C16H19NOS/c1-17(14-6-3-2-4-7-14)12-5-13-19-16-10-8-15(18)9-11-16/h2-4,6-11,18H,5,12-13H2,1H3. The van der Waals surface area contributed by atoms with Crippen molar-refractivity contribution >= 4 is 17.4 Å². The Bertz CT molecular complexity index is 484. The number of anilines is 1. The molecule has 1 N–H and O–H groups in total. The van der Waals surface area contributed by atoms with Crippen molar-refractivity contribution in [2.45, 2.75) is 11.3 Å². The van der Waals surface area contributed by atoms with Gasteiger partial charge in [-0.2, -0.15) is 0 Å². The Morgan fingerprint density at radius 3 is 2.37 bits per heavy atom. The second kappa shape index (κ2) is 7.10. The second-order valence-electron chi connectivity index (χ2n) is 4.45. The van der Waals surface area contributed by atoms with Gasteiger partial charge in [-0.05, 0) is 48.6 Å². The fourth-order valence-corrected chi connectivity index (χ4v) is 2.68. The van der Waals surface area contributed by atoms with Crippen LogP contribution in [-0.2, 0) is 0 Å². The van der Waals surface area contributed by atoms with E-state index < -0.39 is 0 Å². The summed E-state index contributed by atoms with van der Waals surface area (Å²) >= 11 is 1.83. The van der Waals surface area contributed by atoms with Crippen LogP contribution in [0.3, 0.4) is 0 Å². The van der Waals surface area contributed by atoms with E-state index in [1.165, 1.54) is 10.6 Å². The topological polar surface area (TPSA) is 23.5 Å². The van der Waals surface area contributed by atoms with Gasteiger partial charge in [0.1, 0.15) is 5.75 Å². The van der Waals surface area contributed by atoms with Crippen molar-refractivity contribution in [3.05, 3.63) is 54.6 Å². The van der Waals surface area contributed by atoms with Crippen LogP contribution in [0.25, 0.3) is 0 Å². The van der Waals surface area contributed by atoms with Crippen molar-refractivity contribution in [2.24, 2.45) is 0 Å². The third kappa shape index (κ3) is 4.52. The minimum Gasteiger partial charge on any atom is -0.508 e. The summed E-state index contributed by atoms with van der Waals surface area (Å²) in [4.78, 5) is 3.48. The zero-order valence-corrected chi connectivity index (χ0v) is 11.9. The van der Waals surface area contributed by atoms with Gasteiger partial charge < -0.3 is 10.0 Å². The van der Waals surface area contributed by atoms with Crippen LogP contribution < -0.4 is 4.90 Å². The third-order valence-electron chi connectivity index (χ3n) is 2.94. The second-order valence-corrected chi connectivity index (χ2v) is 5.62. The third-order valence-corrected chi connectivity index (χ3v) is 4.04. The first-order chi connectivity index (χ1) is 9.25. The maximum Gasteiger partial charge on any atom is 0.115 e. The van der Waals surface area contributed by atoms with Crippen molar-refractivity contribution in [3.8, 4) is 5.75 Å². The Kier molecular flexibility index (Phi) is 5.16. The summed E-state index contributed by atoms with van der Waals surface area (Å²) in [7, 11) is 2.13. The number of para-hydroxylation sites is 1. The molecule has 100 valence electrons. The smallest absolute Gasteiger partial charge is 0.115 e. The Hall–Kier alpha value is -1.61. The number of phenols is 1. The molecule has 0 aliphatic carbocycles. The van der Waals surface area contributed by atoms with Gasteiger partial charge in [0.05, 0.1) is 0 Å². The molecule has 0 unspecified atom stereocenters. The van der Waals surface area contributed by atoms with E-state index in [1.807, 2.05) is 30.0 Å².